The summed E-state index contributed by atoms with van der Waals surface area (Å²) >= 11 is 0. The van der Waals surface area contributed by atoms with E-state index in [4.69, 9.17) is 25.2 Å². The Morgan fingerprint density at radius 2 is 1.87 bits per heavy atom. The third-order valence-electron chi connectivity index (χ3n) is 3.12. The number of phosphoric acid groups is 3. The summed E-state index contributed by atoms with van der Waals surface area (Å²) < 4.78 is 50.9. The summed E-state index contributed by atoms with van der Waals surface area (Å²) in [6.07, 6.45) is -2.28. The molecule has 166 valence electrons. The molecule has 0 spiro atoms. The molecular weight excluding hydrogens is 477 g/mol. The van der Waals surface area contributed by atoms with Crippen LogP contribution in [0.1, 0.15) is 0 Å². The molecule has 30 heavy (non-hydrogen) atoms. The molecule has 0 bridgehead atoms. The highest BCUT2D eigenvalue weighted by Gasteiger charge is 2.43. The zero-order valence-electron chi connectivity index (χ0n) is 14.3. The summed E-state index contributed by atoms with van der Waals surface area (Å²) in [4.78, 5) is 50.7. The van der Waals surface area contributed by atoms with Gasteiger partial charge in [-0.25, -0.2) is 23.1 Å². The molecule has 17 nitrogen and oxygen atoms in total. The number of phosphoric ester groups is 1. The van der Waals surface area contributed by atoms with Crippen LogP contribution in [-0.2, 0) is 31.6 Å². The van der Waals surface area contributed by atoms with Crippen LogP contribution in [-0.4, -0.2) is 53.0 Å². The normalized spacial score (nSPS) is 23.3. The second-order valence-corrected chi connectivity index (χ2v) is 9.74. The van der Waals surface area contributed by atoms with Gasteiger partial charge in [0.05, 0.1) is 6.61 Å². The number of nitrogen functional groups attached to an aromatic ring is 1. The minimum absolute atomic E-state index is 0.141. The van der Waals surface area contributed by atoms with Crippen molar-refractivity contribution in [1.82, 2.24) is 9.55 Å². The Bertz CT molecular complexity index is 1100. The topological polar surface area (TPSA) is 274 Å². The molecule has 4 atom stereocenters. The van der Waals surface area contributed by atoms with E-state index < -0.39 is 59.4 Å². The maximum absolute atomic E-state index is 11.9. The van der Waals surface area contributed by atoms with E-state index in [1.807, 2.05) is 0 Å². The Kier molecular flexibility index (Phi) is 7.04. The molecule has 0 fully saturated rings. The van der Waals surface area contributed by atoms with Gasteiger partial charge in [-0.05, 0) is 6.07 Å². The molecule has 1 aromatic heterocycles. The Hall–Kier alpha value is -1.92. The quantitative estimate of drug-likeness (QED) is 0.229. The van der Waals surface area contributed by atoms with Crippen LogP contribution in [0.3, 0.4) is 0 Å². The first-order chi connectivity index (χ1) is 13.6. The van der Waals surface area contributed by atoms with E-state index in [9.17, 15) is 33.8 Å². The van der Waals surface area contributed by atoms with E-state index in [0.717, 1.165) is 6.20 Å². The average molecular weight is 490 g/mol. The average Bonchev–Trinajstić information content (AvgIpc) is 2.85. The zero-order valence-corrected chi connectivity index (χ0v) is 17.0. The van der Waals surface area contributed by atoms with Gasteiger partial charge in [0.2, 0.25) is 5.88 Å². The predicted octanol–water partition coefficient (Wildman–Crippen LogP) is -1.38. The van der Waals surface area contributed by atoms with Crippen LogP contribution in [0, 0.1) is 11.3 Å². The number of rotatable bonds is 8. The molecule has 1 aromatic rings. The van der Waals surface area contributed by atoms with Crippen LogP contribution >= 0.6 is 23.5 Å². The number of ether oxygens (including phenoxy) is 1. The van der Waals surface area contributed by atoms with Crippen LogP contribution in [0.15, 0.2) is 22.6 Å². The highest BCUT2D eigenvalue weighted by atomic mass is 31.3. The van der Waals surface area contributed by atoms with Gasteiger partial charge >= 0.3 is 29.2 Å². The summed E-state index contributed by atoms with van der Waals surface area (Å²) in [6, 6.07) is 2.75. The number of aliphatic hydroxyl groups excluding tert-OH is 1. The molecule has 0 aliphatic carbocycles. The van der Waals surface area contributed by atoms with Crippen molar-refractivity contribution in [1.29, 1.82) is 5.26 Å². The van der Waals surface area contributed by atoms with E-state index in [0.29, 0.717) is 4.57 Å². The van der Waals surface area contributed by atoms with Crippen molar-refractivity contribution in [3.8, 4) is 6.07 Å². The zero-order chi connectivity index (χ0) is 22.9. The van der Waals surface area contributed by atoms with E-state index in [1.54, 1.807) is 6.07 Å². The number of aliphatic hydroxyl groups is 1. The molecule has 7 N–H and O–H groups in total. The molecule has 2 unspecified atom stereocenters. The second kappa shape index (κ2) is 8.67. The highest BCUT2D eigenvalue weighted by molar-refractivity contribution is 7.66. The Labute approximate surface area is 166 Å². The number of nitrogens with zero attached hydrogens (tertiary/aromatic N) is 3. The maximum atomic E-state index is 11.9. The minimum atomic E-state index is -5.73. The highest BCUT2D eigenvalue weighted by Crippen LogP contribution is 2.66. The summed E-state index contributed by atoms with van der Waals surface area (Å²) in [7, 11) is -16.8. The largest absolute Gasteiger partial charge is 0.490 e. The Balaban J connectivity index is 2.13. The van der Waals surface area contributed by atoms with Gasteiger partial charge in [0.25, 0.3) is 0 Å². The number of hydrogen-bond acceptors (Lipinski definition) is 12. The van der Waals surface area contributed by atoms with Crippen molar-refractivity contribution in [2.24, 2.45) is 0 Å². The van der Waals surface area contributed by atoms with Gasteiger partial charge in [-0.15, -0.1) is 0 Å². The lowest BCUT2D eigenvalue weighted by Crippen LogP contribution is -2.29. The van der Waals surface area contributed by atoms with Gasteiger partial charge < -0.3 is 35.2 Å². The predicted molar refractivity (Wildman–Crippen MR) is 92.4 cm³/mol. The van der Waals surface area contributed by atoms with Crippen molar-refractivity contribution < 1.29 is 56.3 Å². The van der Waals surface area contributed by atoms with Gasteiger partial charge in [0, 0.05) is 6.20 Å². The van der Waals surface area contributed by atoms with Crippen LogP contribution in [0.4, 0.5) is 5.82 Å². The number of aromatic nitrogens is 2. The molecule has 0 radical (unpaired) electrons. The number of nitriles is 1. The van der Waals surface area contributed by atoms with E-state index in [1.165, 1.54) is 6.07 Å². The third kappa shape index (κ3) is 6.29. The maximum Gasteiger partial charge on any atom is 0.490 e. The van der Waals surface area contributed by atoms with Gasteiger partial charge in [-0.3, -0.25) is 4.52 Å². The van der Waals surface area contributed by atoms with Crippen molar-refractivity contribution in [3.63, 3.8) is 0 Å². The third-order valence-corrected chi connectivity index (χ3v) is 6.93. The first-order valence-corrected chi connectivity index (χ1v) is 11.8. The van der Waals surface area contributed by atoms with Crippen LogP contribution in [0.25, 0.3) is 5.88 Å². The fourth-order valence-corrected chi connectivity index (χ4v) is 5.08. The molecule has 0 aromatic carbocycles. The molecule has 2 heterocycles. The van der Waals surface area contributed by atoms with Crippen LogP contribution < -0.4 is 11.4 Å². The van der Waals surface area contributed by atoms with Gasteiger partial charge in [-0.2, -0.15) is 18.9 Å². The Morgan fingerprint density at radius 3 is 2.40 bits per heavy atom. The summed E-state index contributed by atoms with van der Waals surface area (Å²) in [5, 5.41) is 19.3. The lowest BCUT2D eigenvalue weighted by atomic mass is 10.1. The van der Waals surface area contributed by atoms with E-state index >= 15 is 0 Å². The van der Waals surface area contributed by atoms with Gasteiger partial charge in [-0.1, -0.05) is 0 Å². The standard InChI is InChI=1S/C10H13N4O13P3/c11-3-5-8(15)6(25-9(5)14-2-1-7(12)13-10(14)16)4-24-29(20,21)27-30(22,23)26-28(17,18)19/h1-2,6,8,15H,4H2,(H,20,21)(H,22,23)(H2,12,13,16)(H2,17,18,19)/t6-,8+/m1/s1. The summed E-state index contributed by atoms with van der Waals surface area (Å²) in [6.45, 7) is -1.04. The molecule has 2 rings (SSSR count). The number of nitrogens with two attached hydrogens (primary N) is 1. The first-order valence-electron chi connectivity index (χ1n) is 7.27. The van der Waals surface area contributed by atoms with E-state index in [-0.39, 0.29) is 5.82 Å². The number of hydrogen-bond donors (Lipinski definition) is 6. The molecule has 0 saturated carbocycles. The first kappa shape index (κ1) is 24.4. The smallest absolute Gasteiger partial charge is 0.469 e. The van der Waals surface area contributed by atoms with Crippen molar-refractivity contribution >= 4 is 35.2 Å². The fourth-order valence-electron chi connectivity index (χ4n) is 2.05. The molecule has 20 heteroatoms. The van der Waals surface area contributed by atoms with Gasteiger partial charge in [0.1, 0.15) is 23.6 Å². The lowest BCUT2D eigenvalue weighted by molar-refractivity contribution is 0.0223. The molecule has 0 amide bonds. The molecular formula is C10H13N4O13P3. The monoisotopic (exact) mass is 490 g/mol. The SMILES string of the molecule is N#CC1=C(n2ccc(N)nc2=O)O[C@H](COP(=O)(O)OP(=O)(O)OP(=O)(O)O)[C@H]1O. The van der Waals surface area contributed by atoms with E-state index in [2.05, 4.69) is 18.1 Å². The summed E-state index contributed by atoms with van der Waals surface area (Å²) in [5.41, 5.74) is 3.88. The van der Waals surface area contributed by atoms with Crippen molar-refractivity contribution in [2.75, 3.05) is 12.3 Å². The lowest BCUT2D eigenvalue weighted by Gasteiger charge is -2.19. The molecule has 1 aliphatic heterocycles. The number of anilines is 1. The van der Waals surface area contributed by atoms with Crippen LogP contribution in [0.5, 0.6) is 0 Å². The molecule has 1 aliphatic rings. The van der Waals surface area contributed by atoms with Gasteiger partial charge in [0.15, 0.2) is 6.10 Å². The molecule has 0 saturated heterocycles. The summed E-state index contributed by atoms with van der Waals surface area (Å²) in [5.74, 6) is -0.624. The fraction of sp³-hybridized carbons (Fsp3) is 0.300. The van der Waals surface area contributed by atoms with Crippen molar-refractivity contribution in [2.45, 2.75) is 12.2 Å². The van der Waals surface area contributed by atoms with Crippen LogP contribution in [0.2, 0.25) is 0 Å². The van der Waals surface area contributed by atoms with Crippen molar-refractivity contribution in [3.05, 3.63) is 28.3 Å². The Morgan fingerprint density at radius 1 is 1.23 bits per heavy atom. The second-order valence-electron chi connectivity index (χ2n) is 5.32. The minimum Gasteiger partial charge on any atom is -0.469 e.